The zero-order valence-electron chi connectivity index (χ0n) is 20.2. The van der Waals surface area contributed by atoms with E-state index in [0.717, 1.165) is 82.9 Å². The SMILES string of the molecule is Cc1cc(-c2ccc(C=O)c(C)c2)c2ncnc(N3CCC(c4nc(C5CCC5)no4)CC3)c2c1. The number of rotatable bonds is 5. The fraction of sp³-hybridized carbons (Fsp3) is 0.393. The van der Waals surface area contributed by atoms with E-state index in [2.05, 4.69) is 40.2 Å². The van der Waals surface area contributed by atoms with Crippen LogP contribution in [0.25, 0.3) is 22.0 Å². The van der Waals surface area contributed by atoms with E-state index in [1.807, 2.05) is 19.1 Å². The van der Waals surface area contributed by atoms with Crippen LogP contribution in [-0.2, 0) is 0 Å². The molecule has 6 rings (SSSR count). The van der Waals surface area contributed by atoms with Crippen molar-refractivity contribution < 1.29 is 9.32 Å². The van der Waals surface area contributed by atoms with Gasteiger partial charge < -0.3 is 9.42 Å². The summed E-state index contributed by atoms with van der Waals surface area (Å²) in [5.41, 5.74) is 5.89. The standard InChI is InChI=1S/C28H29N5O2/c1-17-12-23(21-6-7-22(15-34)18(2)14-21)25-24(13-17)27(30-16-29-25)33-10-8-20(9-11-33)28-31-26(32-35-28)19-4-3-5-19/h6-7,12-16,19-20H,3-5,8-11H2,1-2H3. The third-order valence-corrected chi connectivity index (χ3v) is 7.64. The number of aromatic nitrogens is 4. The molecule has 7 nitrogen and oxygen atoms in total. The fourth-order valence-electron chi connectivity index (χ4n) is 5.33. The second-order valence-electron chi connectivity index (χ2n) is 9.98. The Balaban J connectivity index is 1.28. The average molecular weight is 468 g/mol. The van der Waals surface area contributed by atoms with Crippen molar-refractivity contribution in [2.75, 3.05) is 18.0 Å². The first-order chi connectivity index (χ1) is 17.1. The number of fused-ring (bicyclic) bond motifs is 1. The first kappa shape index (κ1) is 21.9. The predicted molar refractivity (Wildman–Crippen MR) is 135 cm³/mol. The molecule has 0 N–H and O–H groups in total. The van der Waals surface area contributed by atoms with Crippen LogP contribution in [-0.4, -0.2) is 39.5 Å². The Bertz CT molecular complexity index is 1400. The van der Waals surface area contributed by atoms with Gasteiger partial charge in [0.25, 0.3) is 0 Å². The lowest BCUT2D eigenvalue weighted by atomic mass is 9.85. The Morgan fingerprint density at radius 2 is 1.83 bits per heavy atom. The molecule has 2 aromatic heterocycles. The highest BCUT2D eigenvalue weighted by Crippen LogP contribution is 2.38. The first-order valence-corrected chi connectivity index (χ1v) is 12.5. The maximum atomic E-state index is 11.3. The van der Waals surface area contributed by atoms with Gasteiger partial charge >= 0.3 is 0 Å². The lowest BCUT2D eigenvalue weighted by molar-refractivity contribution is 0.112. The highest BCUT2D eigenvalue weighted by molar-refractivity contribution is 6.00. The summed E-state index contributed by atoms with van der Waals surface area (Å²) in [6.07, 6.45) is 8.12. The van der Waals surface area contributed by atoms with Crippen molar-refractivity contribution in [2.24, 2.45) is 0 Å². The minimum absolute atomic E-state index is 0.303. The zero-order chi connectivity index (χ0) is 23.9. The van der Waals surface area contributed by atoms with Crippen LogP contribution >= 0.6 is 0 Å². The van der Waals surface area contributed by atoms with Crippen molar-refractivity contribution in [1.82, 2.24) is 20.1 Å². The van der Waals surface area contributed by atoms with Crippen molar-refractivity contribution in [1.29, 1.82) is 0 Å². The molecular formula is C28H29N5O2. The average Bonchev–Trinajstić information content (AvgIpc) is 3.31. The largest absolute Gasteiger partial charge is 0.356 e. The highest BCUT2D eigenvalue weighted by atomic mass is 16.5. The summed E-state index contributed by atoms with van der Waals surface area (Å²) in [4.78, 5) is 27.8. The highest BCUT2D eigenvalue weighted by Gasteiger charge is 2.30. The molecule has 1 saturated heterocycles. The number of hydrogen-bond acceptors (Lipinski definition) is 7. The molecule has 3 heterocycles. The molecule has 0 spiro atoms. The fourth-order valence-corrected chi connectivity index (χ4v) is 5.33. The molecule has 35 heavy (non-hydrogen) atoms. The van der Waals surface area contributed by atoms with Gasteiger partial charge in [0.05, 0.1) is 5.52 Å². The number of aryl methyl sites for hydroxylation is 2. The van der Waals surface area contributed by atoms with E-state index in [1.165, 1.54) is 19.3 Å². The van der Waals surface area contributed by atoms with Gasteiger partial charge in [0.15, 0.2) is 5.82 Å². The van der Waals surface area contributed by atoms with Crippen molar-refractivity contribution in [3.63, 3.8) is 0 Å². The molecule has 0 bridgehead atoms. The third kappa shape index (κ3) is 3.99. The third-order valence-electron chi connectivity index (χ3n) is 7.64. The molecule has 0 atom stereocenters. The van der Waals surface area contributed by atoms with Crippen molar-refractivity contribution in [2.45, 2.75) is 57.8 Å². The quantitative estimate of drug-likeness (QED) is 0.345. The van der Waals surface area contributed by atoms with Crippen LogP contribution in [0.2, 0.25) is 0 Å². The molecule has 2 aromatic carbocycles. The van der Waals surface area contributed by atoms with Crippen molar-refractivity contribution in [3.8, 4) is 11.1 Å². The number of carbonyl (C=O) groups is 1. The molecule has 4 aromatic rings. The minimum atomic E-state index is 0.303. The van der Waals surface area contributed by atoms with E-state index in [4.69, 9.17) is 14.5 Å². The van der Waals surface area contributed by atoms with Gasteiger partial charge in [0.1, 0.15) is 18.4 Å². The van der Waals surface area contributed by atoms with Gasteiger partial charge in [-0.05, 0) is 68.4 Å². The van der Waals surface area contributed by atoms with Gasteiger partial charge in [0.2, 0.25) is 5.89 Å². The molecular weight excluding hydrogens is 438 g/mol. The van der Waals surface area contributed by atoms with E-state index in [1.54, 1.807) is 6.33 Å². The molecule has 0 unspecified atom stereocenters. The van der Waals surface area contributed by atoms with Crippen LogP contribution in [0.4, 0.5) is 5.82 Å². The lowest BCUT2D eigenvalue weighted by Crippen LogP contribution is -2.33. The van der Waals surface area contributed by atoms with Crippen LogP contribution < -0.4 is 4.90 Å². The molecule has 7 heteroatoms. The van der Waals surface area contributed by atoms with Crippen LogP contribution in [0.5, 0.6) is 0 Å². The smallest absolute Gasteiger partial charge is 0.229 e. The normalized spacial score (nSPS) is 17.0. The van der Waals surface area contributed by atoms with E-state index in [0.29, 0.717) is 17.4 Å². The van der Waals surface area contributed by atoms with Gasteiger partial charge in [0, 0.05) is 41.4 Å². The Labute approximate surface area is 204 Å². The summed E-state index contributed by atoms with van der Waals surface area (Å²) in [6, 6.07) is 10.3. The number of hydrogen-bond donors (Lipinski definition) is 0. The first-order valence-electron chi connectivity index (χ1n) is 12.5. The monoisotopic (exact) mass is 467 g/mol. The maximum Gasteiger partial charge on any atom is 0.229 e. The number of benzene rings is 2. The summed E-state index contributed by atoms with van der Waals surface area (Å²) in [5.74, 6) is 3.47. The Morgan fingerprint density at radius 3 is 2.54 bits per heavy atom. The zero-order valence-corrected chi connectivity index (χ0v) is 20.2. The number of anilines is 1. The van der Waals surface area contributed by atoms with Crippen molar-refractivity contribution >= 4 is 23.0 Å². The van der Waals surface area contributed by atoms with Crippen LogP contribution in [0.1, 0.15) is 77.1 Å². The van der Waals surface area contributed by atoms with Gasteiger partial charge in [-0.1, -0.05) is 29.8 Å². The minimum Gasteiger partial charge on any atom is -0.356 e. The van der Waals surface area contributed by atoms with Gasteiger partial charge in [-0.15, -0.1) is 0 Å². The topological polar surface area (TPSA) is 85.0 Å². The summed E-state index contributed by atoms with van der Waals surface area (Å²) < 4.78 is 5.65. The summed E-state index contributed by atoms with van der Waals surface area (Å²) in [7, 11) is 0. The molecule has 2 fully saturated rings. The van der Waals surface area contributed by atoms with E-state index in [-0.39, 0.29) is 0 Å². The second kappa shape index (κ2) is 8.87. The summed E-state index contributed by atoms with van der Waals surface area (Å²) in [6.45, 7) is 5.84. The molecule has 2 aliphatic rings. The molecule has 0 radical (unpaired) electrons. The Kier molecular flexibility index (Phi) is 5.55. The van der Waals surface area contributed by atoms with Gasteiger partial charge in [-0.25, -0.2) is 9.97 Å². The number of piperidine rings is 1. The van der Waals surface area contributed by atoms with Crippen LogP contribution in [0.3, 0.4) is 0 Å². The van der Waals surface area contributed by atoms with Crippen LogP contribution in [0.15, 0.2) is 41.2 Å². The van der Waals surface area contributed by atoms with E-state index < -0.39 is 0 Å². The van der Waals surface area contributed by atoms with Gasteiger partial charge in [-0.3, -0.25) is 4.79 Å². The Hall–Kier alpha value is -3.61. The molecule has 0 amide bonds. The van der Waals surface area contributed by atoms with E-state index >= 15 is 0 Å². The van der Waals surface area contributed by atoms with E-state index in [9.17, 15) is 4.79 Å². The van der Waals surface area contributed by atoms with Crippen LogP contribution in [0, 0.1) is 13.8 Å². The molecule has 1 saturated carbocycles. The second-order valence-corrected chi connectivity index (χ2v) is 9.98. The van der Waals surface area contributed by atoms with Gasteiger partial charge in [-0.2, -0.15) is 4.98 Å². The summed E-state index contributed by atoms with van der Waals surface area (Å²) >= 11 is 0. The number of nitrogens with zero attached hydrogens (tertiary/aromatic N) is 5. The number of aldehydes is 1. The molecule has 1 aliphatic heterocycles. The lowest BCUT2D eigenvalue weighted by Gasteiger charge is -2.32. The molecule has 178 valence electrons. The Morgan fingerprint density at radius 1 is 1.00 bits per heavy atom. The molecule has 1 aliphatic carbocycles. The summed E-state index contributed by atoms with van der Waals surface area (Å²) in [5, 5.41) is 5.32. The van der Waals surface area contributed by atoms with Crippen molar-refractivity contribution in [3.05, 3.63) is 65.1 Å². The predicted octanol–water partition coefficient (Wildman–Crippen LogP) is 5.76. The number of carbonyl (C=O) groups excluding carboxylic acids is 1. The maximum absolute atomic E-state index is 11.3.